The van der Waals surface area contributed by atoms with E-state index in [1.165, 1.54) is 20.3 Å². The van der Waals surface area contributed by atoms with Crippen molar-refractivity contribution >= 4 is 49.5 Å². The number of aromatic nitrogens is 1. The van der Waals surface area contributed by atoms with Gasteiger partial charge in [-0.25, -0.2) is 13.4 Å². The zero-order valence-corrected chi connectivity index (χ0v) is 21.4. The Labute approximate surface area is 208 Å². The Balaban J connectivity index is 1.44. The van der Waals surface area contributed by atoms with E-state index in [2.05, 4.69) is 4.90 Å². The summed E-state index contributed by atoms with van der Waals surface area (Å²) in [6.07, 6.45) is 1.67. The molecule has 176 valence electrons. The maximum absolute atomic E-state index is 13.4. The molecule has 1 aromatic heterocycles. The van der Waals surface area contributed by atoms with Crippen LogP contribution in [0, 0.1) is 0 Å². The lowest BCUT2D eigenvalue weighted by Crippen LogP contribution is -2.39. The van der Waals surface area contributed by atoms with Gasteiger partial charge in [-0.05, 0) is 48.7 Å². The lowest BCUT2D eigenvalue weighted by molar-refractivity contribution is 0.391. The fourth-order valence-corrected chi connectivity index (χ4v) is 7.34. The van der Waals surface area contributed by atoms with Crippen molar-refractivity contribution in [3.63, 3.8) is 0 Å². The maximum Gasteiger partial charge on any atom is 0.185 e. The normalized spacial score (nSPS) is 15.0. The van der Waals surface area contributed by atoms with E-state index in [0.29, 0.717) is 53.9 Å². The standard InChI is InChI=1S/C23H24Cl2N2O4S2/c1-30-19-3-4-21(31-2)22(13-19)33(28,29)20-5-7-27(8-6-20)23-26-18(14-32-23)11-15-9-16(24)12-17(25)10-15/h3-4,9-10,12-14,20H,5-8,11H2,1-2H3. The third kappa shape index (κ3) is 5.40. The number of sulfone groups is 1. The van der Waals surface area contributed by atoms with Crippen molar-refractivity contribution in [2.75, 3.05) is 32.2 Å². The summed E-state index contributed by atoms with van der Waals surface area (Å²) in [6, 6.07) is 10.3. The second kappa shape index (κ2) is 10.1. The molecule has 0 unspecified atom stereocenters. The highest BCUT2D eigenvalue weighted by Crippen LogP contribution is 2.35. The second-order valence-corrected chi connectivity index (χ2v) is 11.7. The molecule has 33 heavy (non-hydrogen) atoms. The van der Waals surface area contributed by atoms with Gasteiger partial charge in [0.1, 0.15) is 16.4 Å². The molecule has 0 saturated carbocycles. The fourth-order valence-electron chi connectivity index (χ4n) is 3.99. The van der Waals surface area contributed by atoms with Gasteiger partial charge in [0, 0.05) is 41.0 Å². The molecule has 1 saturated heterocycles. The van der Waals surface area contributed by atoms with Gasteiger partial charge < -0.3 is 14.4 Å². The summed E-state index contributed by atoms with van der Waals surface area (Å²) in [6.45, 7) is 1.23. The summed E-state index contributed by atoms with van der Waals surface area (Å²) in [5.41, 5.74) is 1.94. The number of halogens is 2. The zero-order valence-electron chi connectivity index (χ0n) is 18.3. The Bertz CT molecular complexity index is 1220. The van der Waals surface area contributed by atoms with Gasteiger partial charge in [-0.15, -0.1) is 11.3 Å². The van der Waals surface area contributed by atoms with Gasteiger partial charge in [0.05, 0.1) is 25.2 Å². The van der Waals surface area contributed by atoms with E-state index in [1.807, 2.05) is 17.5 Å². The molecule has 2 aromatic carbocycles. The highest BCUT2D eigenvalue weighted by atomic mass is 35.5. The minimum atomic E-state index is -3.56. The Morgan fingerprint density at radius 3 is 2.39 bits per heavy atom. The molecule has 0 bridgehead atoms. The van der Waals surface area contributed by atoms with Crippen molar-refractivity contribution in [1.29, 1.82) is 0 Å². The quantitative estimate of drug-likeness (QED) is 0.404. The number of piperidine rings is 1. The molecule has 3 aromatic rings. The molecule has 0 atom stereocenters. The van der Waals surface area contributed by atoms with Crippen LogP contribution in [0.4, 0.5) is 5.13 Å². The zero-order chi connectivity index (χ0) is 23.6. The molecular weight excluding hydrogens is 503 g/mol. The molecule has 2 heterocycles. The highest BCUT2D eigenvalue weighted by Gasteiger charge is 2.34. The monoisotopic (exact) mass is 526 g/mol. The summed E-state index contributed by atoms with van der Waals surface area (Å²) in [5, 5.41) is 3.64. The molecule has 6 nitrogen and oxygen atoms in total. The third-order valence-electron chi connectivity index (χ3n) is 5.68. The van der Waals surface area contributed by atoms with Gasteiger partial charge in [0.2, 0.25) is 0 Å². The molecule has 0 amide bonds. The summed E-state index contributed by atoms with van der Waals surface area (Å²) >= 11 is 13.8. The van der Waals surface area contributed by atoms with E-state index in [4.69, 9.17) is 37.7 Å². The Hall–Kier alpha value is -2.00. The van der Waals surface area contributed by atoms with E-state index in [1.54, 1.807) is 29.5 Å². The number of nitrogens with zero attached hydrogens (tertiary/aromatic N) is 2. The van der Waals surface area contributed by atoms with Crippen molar-refractivity contribution < 1.29 is 17.9 Å². The number of ether oxygens (including phenoxy) is 2. The molecule has 4 rings (SSSR count). The first-order chi connectivity index (χ1) is 15.8. The van der Waals surface area contributed by atoms with E-state index < -0.39 is 15.1 Å². The smallest absolute Gasteiger partial charge is 0.185 e. The molecule has 0 spiro atoms. The van der Waals surface area contributed by atoms with Gasteiger partial charge in [-0.1, -0.05) is 23.2 Å². The Morgan fingerprint density at radius 2 is 1.76 bits per heavy atom. The summed E-state index contributed by atoms with van der Waals surface area (Å²) in [7, 11) is -0.573. The third-order valence-corrected chi connectivity index (χ3v) is 9.34. The first kappa shape index (κ1) is 24.1. The van der Waals surface area contributed by atoms with Gasteiger partial charge in [0.25, 0.3) is 0 Å². The second-order valence-electron chi connectivity index (χ2n) is 7.82. The molecular formula is C23H24Cl2N2O4S2. The SMILES string of the molecule is COc1ccc(OC)c(S(=O)(=O)C2CCN(c3nc(Cc4cc(Cl)cc(Cl)c4)cs3)CC2)c1. The topological polar surface area (TPSA) is 68.7 Å². The Kier molecular flexibility index (Phi) is 7.38. The first-order valence-electron chi connectivity index (χ1n) is 10.4. The molecule has 1 fully saturated rings. The Morgan fingerprint density at radius 1 is 1.06 bits per heavy atom. The van der Waals surface area contributed by atoms with Crippen LogP contribution in [0.5, 0.6) is 11.5 Å². The number of benzene rings is 2. The predicted molar refractivity (Wildman–Crippen MR) is 133 cm³/mol. The number of hydrogen-bond acceptors (Lipinski definition) is 7. The number of hydrogen-bond donors (Lipinski definition) is 0. The fraction of sp³-hybridized carbons (Fsp3) is 0.348. The van der Waals surface area contributed by atoms with Crippen LogP contribution < -0.4 is 14.4 Å². The van der Waals surface area contributed by atoms with Crippen LogP contribution in [0.2, 0.25) is 10.0 Å². The van der Waals surface area contributed by atoms with Crippen molar-refractivity contribution in [3.8, 4) is 11.5 Å². The molecule has 1 aliphatic heterocycles. The summed E-state index contributed by atoms with van der Waals surface area (Å²) in [4.78, 5) is 7.08. The van der Waals surface area contributed by atoms with Crippen molar-refractivity contribution in [1.82, 2.24) is 4.98 Å². The van der Waals surface area contributed by atoms with Crippen LogP contribution in [0.25, 0.3) is 0 Å². The summed E-state index contributed by atoms with van der Waals surface area (Å²) < 4.78 is 37.2. The van der Waals surface area contributed by atoms with Crippen LogP contribution >= 0.6 is 34.5 Å². The molecule has 0 aliphatic carbocycles. The van der Waals surface area contributed by atoms with Crippen LogP contribution in [-0.2, 0) is 16.3 Å². The lowest BCUT2D eigenvalue weighted by Gasteiger charge is -2.31. The number of anilines is 1. The molecule has 10 heteroatoms. The van der Waals surface area contributed by atoms with Crippen LogP contribution in [0.15, 0.2) is 46.7 Å². The van der Waals surface area contributed by atoms with Gasteiger partial charge in [-0.3, -0.25) is 0 Å². The lowest BCUT2D eigenvalue weighted by atomic mass is 10.1. The first-order valence-corrected chi connectivity index (χ1v) is 13.6. The van der Waals surface area contributed by atoms with Crippen LogP contribution in [0.1, 0.15) is 24.1 Å². The number of rotatable bonds is 7. The van der Waals surface area contributed by atoms with Crippen molar-refractivity contribution in [2.24, 2.45) is 0 Å². The minimum Gasteiger partial charge on any atom is -0.497 e. The van der Waals surface area contributed by atoms with Gasteiger partial charge in [-0.2, -0.15) is 0 Å². The predicted octanol–water partition coefficient (Wildman–Crippen LogP) is 5.50. The molecule has 0 radical (unpaired) electrons. The number of thiazole rings is 1. The maximum atomic E-state index is 13.4. The van der Waals surface area contributed by atoms with E-state index in [9.17, 15) is 8.42 Å². The van der Waals surface area contributed by atoms with Gasteiger partial charge in [0.15, 0.2) is 15.0 Å². The molecule has 0 N–H and O–H groups in total. The van der Waals surface area contributed by atoms with Crippen molar-refractivity contribution in [3.05, 3.63) is 63.1 Å². The molecule has 1 aliphatic rings. The van der Waals surface area contributed by atoms with E-state index in [0.717, 1.165) is 16.4 Å². The average molecular weight is 527 g/mol. The number of methoxy groups -OCH3 is 2. The largest absolute Gasteiger partial charge is 0.497 e. The van der Waals surface area contributed by atoms with Crippen LogP contribution in [-0.4, -0.2) is 46.0 Å². The van der Waals surface area contributed by atoms with Crippen LogP contribution in [0.3, 0.4) is 0 Å². The highest BCUT2D eigenvalue weighted by molar-refractivity contribution is 7.92. The average Bonchev–Trinajstić information content (AvgIpc) is 3.26. The van der Waals surface area contributed by atoms with E-state index >= 15 is 0 Å². The minimum absolute atomic E-state index is 0.180. The van der Waals surface area contributed by atoms with E-state index in [-0.39, 0.29) is 4.90 Å². The van der Waals surface area contributed by atoms with Crippen molar-refractivity contribution in [2.45, 2.75) is 29.4 Å². The summed E-state index contributed by atoms with van der Waals surface area (Å²) in [5.74, 6) is 0.826. The van der Waals surface area contributed by atoms with Gasteiger partial charge >= 0.3 is 0 Å².